The fourth-order valence-corrected chi connectivity index (χ4v) is 5.05. The van der Waals surface area contributed by atoms with Gasteiger partial charge in [0, 0.05) is 17.9 Å². The Morgan fingerprint density at radius 3 is 2.39 bits per heavy atom. The topological polar surface area (TPSA) is 84.9 Å². The highest BCUT2D eigenvalue weighted by atomic mass is 15.4. The first-order valence-electron chi connectivity index (χ1n) is 11.5. The number of anilines is 3. The molecule has 1 aromatic carbocycles. The van der Waals surface area contributed by atoms with Crippen molar-refractivity contribution in [2.24, 2.45) is 0 Å². The molecule has 1 aliphatic carbocycles. The lowest BCUT2D eigenvalue weighted by atomic mass is 9.81. The number of nitrogens with one attached hydrogen (secondary N) is 1. The standard InChI is InChI=1S/C24H31N7/c25-23-28-24(29-31(23)22-6-2-3-15-26-22)27-20-11-7-18(8-12-20)19-9-13-21(14-10-19)30-16-4-1-5-17-30/h2-3,6-8,11-12,15,19,21H,1,4-5,9-10,13-14,16-17H2,(H3,25,27,28,29)/t19-,21-. The third-order valence-corrected chi connectivity index (χ3v) is 6.74. The van der Waals surface area contributed by atoms with Gasteiger partial charge in [-0.05, 0) is 87.4 Å². The van der Waals surface area contributed by atoms with Crippen molar-refractivity contribution in [3.63, 3.8) is 0 Å². The van der Waals surface area contributed by atoms with Gasteiger partial charge in [-0.15, -0.1) is 5.10 Å². The van der Waals surface area contributed by atoms with E-state index in [0.29, 0.717) is 23.6 Å². The molecule has 0 unspecified atom stereocenters. The molecule has 3 aromatic rings. The average Bonchev–Trinajstić information content (AvgIpc) is 3.21. The van der Waals surface area contributed by atoms with Gasteiger partial charge in [-0.1, -0.05) is 24.6 Å². The zero-order valence-corrected chi connectivity index (χ0v) is 18.0. The largest absolute Gasteiger partial charge is 0.368 e. The lowest BCUT2D eigenvalue weighted by molar-refractivity contribution is 0.125. The highest BCUT2D eigenvalue weighted by Gasteiger charge is 2.27. The zero-order valence-electron chi connectivity index (χ0n) is 18.0. The molecule has 31 heavy (non-hydrogen) atoms. The average molecular weight is 418 g/mol. The van der Waals surface area contributed by atoms with Crippen molar-refractivity contribution < 1.29 is 0 Å². The van der Waals surface area contributed by atoms with Crippen LogP contribution in [-0.2, 0) is 0 Å². The molecule has 0 bridgehead atoms. The minimum Gasteiger partial charge on any atom is -0.368 e. The van der Waals surface area contributed by atoms with Crippen LogP contribution < -0.4 is 11.1 Å². The van der Waals surface area contributed by atoms with E-state index in [0.717, 1.165) is 11.7 Å². The first-order chi connectivity index (χ1) is 15.3. The highest BCUT2D eigenvalue weighted by molar-refractivity contribution is 5.55. The van der Waals surface area contributed by atoms with Gasteiger partial charge < -0.3 is 16.0 Å². The van der Waals surface area contributed by atoms with Gasteiger partial charge >= 0.3 is 0 Å². The Labute approximate surface area is 183 Å². The fourth-order valence-electron chi connectivity index (χ4n) is 5.05. The van der Waals surface area contributed by atoms with Crippen LogP contribution in [0.15, 0.2) is 48.7 Å². The second-order valence-electron chi connectivity index (χ2n) is 8.74. The van der Waals surface area contributed by atoms with Crippen molar-refractivity contribution in [3.05, 3.63) is 54.2 Å². The number of nitrogens with zero attached hydrogens (tertiary/aromatic N) is 5. The van der Waals surface area contributed by atoms with Crippen molar-refractivity contribution in [2.75, 3.05) is 24.1 Å². The molecule has 1 aliphatic heterocycles. The Balaban J connectivity index is 1.19. The van der Waals surface area contributed by atoms with Crippen LogP contribution in [-0.4, -0.2) is 43.8 Å². The Kier molecular flexibility index (Phi) is 5.84. The molecule has 1 saturated heterocycles. The minimum absolute atomic E-state index is 0.309. The summed E-state index contributed by atoms with van der Waals surface area (Å²) >= 11 is 0. The van der Waals surface area contributed by atoms with Crippen LogP contribution in [0.2, 0.25) is 0 Å². The number of nitrogen functional groups attached to an aromatic ring is 1. The zero-order chi connectivity index (χ0) is 21.0. The van der Waals surface area contributed by atoms with Crippen molar-refractivity contribution in [3.8, 4) is 5.82 Å². The van der Waals surface area contributed by atoms with Gasteiger partial charge in [0.2, 0.25) is 11.9 Å². The molecule has 2 fully saturated rings. The third kappa shape index (κ3) is 4.56. The summed E-state index contributed by atoms with van der Waals surface area (Å²) in [5, 5.41) is 7.70. The molecule has 3 N–H and O–H groups in total. The van der Waals surface area contributed by atoms with Crippen LogP contribution in [0.25, 0.3) is 5.82 Å². The number of piperidine rings is 1. The summed E-state index contributed by atoms with van der Waals surface area (Å²) in [6.07, 6.45) is 11.1. The molecule has 7 nitrogen and oxygen atoms in total. The van der Waals surface area contributed by atoms with Gasteiger partial charge in [0.15, 0.2) is 5.82 Å². The third-order valence-electron chi connectivity index (χ3n) is 6.74. The molecule has 2 aromatic heterocycles. The molecule has 2 aliphatic rings. The van der Waals surface area contributed by atoms with Crippen molar-refractivity contribution in [1.82, 2.24) is 24.6 Å². The summed E-state index contributed by atoms with van der Waals surface area (Å²) in [5.74, 6) is 2.10. The molecule has 3 heterocycles. The Bertz CT molecular complexity index is 969. The van der Waals surface area contributed by atoms with E-state index in [2.05, 4.69) is 49.5 Å². The monoisotopic (exact) mass is 417 g/mol. The SMILES string of the molecule is Nc1nc(Nc2ccc([C@H]3CC[C@H](N4CCCCC4)CC3)cc2)nn1-c1ccccn1. The molecule has 7 heteroatoms. The van der Waals surface area contributed by atoms with E-state index < -0.39 is 0 Å². The van der Waals surface area contributed by atoms with Crippen LogP contribution >= 0.6 is 0 Å². The molecule has 162 valence electrons. The Hall–Kier alpha value is -2.93. The van der Waals surface area contributed by atoms with Gasteiger partial charge in [0.1, 0.15) is 0 Å². The van der Waals surface area contributed by atoms with E-state index >= 15 is 0 Å². The van der Waals surface area contributed by atoms with Crippen molar-refractivity contribution in [2.45, 2.75) is 56.9 Å². The summed E-state index contributed by atoms with van der Waals surface area (Å²) in [5.41, 5.74) is 8.42. The maximum Gasteiger partial charge on any atom is 0.248 e. The van der Waals surface area contributed by atoms with Crippen LogP contribution in [0.1, 0.15) is 56.4 Å². The van der Waals surface area contributed by atoms with Crippen LogP contribution in [0.4, 0.5) is 17.6 Å². The van der Waals surface area contributed by atoms with Crippen LogP contribution in [0.5, 0.6) is 0 Å². The number of likely N-dealkylation sites (tertiary alicyclic amines) is 1. The molecule has 5 rings (SSSR count). The molecule has 0 spiro atoms. The Morgan fingerprint density at radius 2 is 1.68 bits per heavy atom. The van der Waals surface area contributed by atoms with Crippen LogP contribution in [0.3, 0.4) is 0 Å². The summed E-state index contributed by atoms with van der Waals surface area (Å²) in [4.78, 5) is 11.3. The summed E-state index contributed by atoms with van der Waals surface area (Å²) < 4.78 is 1.54. The van der Waals surface area contributed by atoms with Crippen LogP contribution in [0, 0.1) is 0 Å². The van der Waals surface area contributed by atoms with E-state index in [1.807, 2.05) is 18.2 Å². The molecule has 1 saturated carbocycles. The predicted octanol–water partition coefficient (Wildman–Crippen LogP) is 4.50. The first-order valence-corrected chi connectivity index (χ1v) is 11.5. The number of nitrogens with two attached hydrogens (primary N) is 1. The lowest BCUT2D eigenvalue weighted by Crippen LogP contribution is -2.41. The van der Waals surface area contributed by atoms with Gasteiger partial charge in [-0.3, -0.25) is 0 Å². The van der Waals surface area contributed by atoms with E-state index in [4.69, 9.17) is 5.73 Å². The number of aromatic nitrogens is 4. The van der Waals surface area contributed by atoms with Gasteiger partial charge in [0.25, 0.3) is 0 Å². The quantitative estimate of drug-likeness (QED) is 0.636. The van der Waals surface area contributed by atoms with Crippen molar-refractivity contribution >= 4 is 17.6 Å². The van der Waals surface area contributed by atoms with Crippen molar-refractivity contribution in [1.29, 1.82) is 0 Å². The van der Waals surface area contributed by atoms with E-state index in [9.17, 15) is 0 Å². The number of pyridine rings is 1. The maximum atomic E-state index is 6.02. The Morgan fingerprint density at radius 1 is 0.903 bits per heavy atom. The smallest absolute Gasteiger partial charge is 0.248 e. The molecule has 0 radical (unpaired) electrons. The number of hydrogen-bond donors (Lipinski definition) is 2. The fraction of sp³-hybridized carbons (Fsp3) is 0.458. The summed E-state index contributed by atoms with van der Waals surface area (Å²) in [6.45, 7) is 2.62. The van der Waals surface area contributed by atoms with Gasteiger partial charge in [-0.25, -0.2) is 4.98 Å². The molecule has 0 amide bonds. The number of benzene rings is 1. The van der Waals surface area contributed by atoms with Gasteiger partial charge in [-0.2, -0.15) is 9.67 Å². The molecular formula is C24H31N7. The first kappa shape index (κ1) is 20.0. The molecular weight excluding hydrogens is 386 g/mol. The van der Waals surface area contributed by atoms with E-state index in [1.165, 1.54) is 68.3 Å². The van der Waals surface area contributed by atoms with E-state index in [-0.39, 0.29) is 0 Å². The number of rotatable bonds is 5. The molecule has 0 atom stereocenters. The summed E-state index contributed by atoms with van der Waals surface area (Å²) in [7, 11) is 0. The highest BCUT2D eigenvalue weighted by Crippen LogP contribution is 2.36. The second kappa shape index (κ2) is 9.06. The minimum atomic E-state index is 0.309. The number of hydrogen-bond acceptors (Lipinski definition) is 6. The normalized spacial score (nSPS) is 22.3. The maximum absolute atomic E-state index is 6.02. The summed E-state index contributed by atoms with van der Waals surface area (Å²) in [6, 6.07) is 15.1. The second-order valence-corrected chi connectivity index (χ2v) is 8.74. The van der Waals surface area contributed by atoms with Gasteiger partial charge in [0.05, 0.1) is 0 Å². The predicted molar refractivity (Wildman–Crippen MR) is 124 cm³/mol. The van der Waals surface area contributed by atoms with E-state index in [1.54, 1.807) is 6.20 Å². The lowest BCUT2D eigenvalue weighted by Gasteiger charge is -2.39.